The predicted molar refractivity (Wildman–Crippen MR) is 119 cm³/mol. The molecule has 2 aromatic carbocycles. The number of aromatic nitrogens is 3. The second-order valence-electron chi connectivity index (χ2n) is 7.04. The summed E-state index contributed by atoms with van der Waals surface area (Å²) in [6, 6.07) is 15.4. The minimum Gasteiger partial charge on any atom is -0.494 e. The number of carbonyl (C=O) groups is 1. The lowest BCUT2D eigenvalue weighted by molar-refractivity contribution is -0.116. The van der Waals surface area contributed by atoms with Crippen LogP contribution in [0.4, 0.5) is 5.69 Å². The van der Waals surface area contributed by atoms with E-state index in [-0.39, 0.29) is 11.9 Å². The molecule has 0 bridgehead atoms. The first-order valence-corrected chi connectivity index (χ1v) is 11.0. The fourth-order valence-electron chi connectivity index (χ4n) is 3.43. The van der Waals surface area contributed by atoms with E-state index in [1.807, 2.05) is 74.0 Å². The van der Waals surface area contributed by atoms with Crippen LogP contribution in [0.15, 0.2) is 53.7 Å². The van der Waals surface area contributed by atoms with Gasteiger partial charge in [0.2, 0.25) is 11.1 Å². The van der Waals surface area contributed by atoms with E-state index in [1.54, 1.807) is 0 Å². The van der Waals surface area contributed by atoms with E-state index in [1.165, 1.54) is 11.8 Å². The van der Waals surface area contributed by atoms with Gasteiger partial charge in [-0.25, -0.2) is 4.68 Å². The fraction of sp³-hybridized carbons (Fsp3) is 0.318. The highest BCUT2D eigenvalue weighted by Gasteiger charge is 2.37. The van der Waals surface area contributed by atoms with Crippen molar-refractivity contribution in [2.24, 2.45) is 0 Å². The van der Waals surface area contributed by atoms with Crippen LogP contribution in [0.1, 0.15) is 36.8 Å². The maximum absolute atomic E-state index is 13.3. The van der Waals surface area contributed by atoms with Gasteiger partial charge in [-0.3, -0.25) is 4.79 Å². The molecule has 30 heavy (non-hydrogen) atoms. The number of hydrogen-bond donors (Lipinski definition) is 2. The number of nitrogens with one attached hydrogen (secondary N) is 2. The molecule has 1 aromatic heterocycles. The van der Waals surface area contributed by atoms with E-state index in [4.69, 9.17) is 4.74 Å². The molecule has 1 aliphatic heterocycles. The third-order valence-electron chi connectivity index (χ3n) is 5.03. The van der Waals surface area contributed by atoms with Gasteiger partial charge in [0, 0.05) is 12.1 Å². The van der Waals surface area contributed by atoms with Gasteiger partial charge in [-0.1, -0.05) is 49.0 Å². The summed E-state index contributed by atoms with van der Waals surface area (Å²) in [5.41, 5.74) is 6.30. The number of para-hydroxylation sites is 1. The first-order chi connectivity index (χ1) is 14.6. The lowest BCUT2D eigenvalue weighted by Gasteiger charge is -2.33. The topological polar surface area (TPSA) is 81.1 Å². The Morgan fingerprint density at radius 3 is 2.63 bits per heavy atom. The van der Waals surface area contributed by atoms with Crippen molar-refractivity contribution in [2.75, 3.05) is 17.3 Å². The van der Waals surface area contributed by atoms with Gasteiger partial charge in [-0.15, -0.1) is 10.2 Å². The molecule has 3 aromatic rings. The minimum atomic E-state index is -0.413. The molecule has 0 fully saturated rings. The van der Waals surface area contributed by atoms with Gasteiger partial charge in [-0.05, 0) is 43.2 Å². The molecule has 0 saturated heterocycles. The Kier molecular flexibility index (Phi) is 5.94. The summed E-state index contributed by atoms with van der Waals surface area (Å²) < 4.78 is 7.46. The first kappa shape index (κ1) is 20.3. The molecule has 0 unspecified atom stereocenters. The molecule has 0 spiro atoms. The zero-order chi connectivity index (χ0) is 21.1. The molecule has 1 aliphatic rings. The Hall–Kier alpha value is -3.00. The Morgan fingerprint density at radius 1 is 1.17 bits per heavy atom. The van der Waals surface area contributed by atoms with Gasteiger partial charge in [0.15, 0.2) is 5.82 Å². The van der Waals surface area contributed by atoms with Crippen LogP contribution in [0.25, 0.3) is 0 Å². The zero-order valence-corrected chi connectivity index (χ0v) is 18.1. The largest absolute Gasteiger partial charge is 0.494 e. The van der Waals surface area contributed by atoms with Gasteiger partial charge in [0.1, 0.15) is 11.0 Å². The molecular formula is C22H25N5O2S. The molecular weight excluding hydrogens is 398 g/mol. The van der Waals surface area contributed by atoms with Gasteiger partial charge < -0.3 is 15.5 Å². The molecule has 2 atom stereocenters. The Bertz CT molecular complexity index is 1030. The van der Waals surface area contributed by atoms with Crippen molar-refractivity contribution in [3.8, 4) is 5.75 Å². The highest BCUT2D eigenvalue weighted by Crippen LogP contribution is 2.38. The van der Waals surface area contributed by atoms with Crippen molar-refractivity contribution in [2.45, 2.75) is 43.6 Å². The number of fused-ring (bicyclic) bond motifs is 1. The van der Waals surface area contributed by atoms with E-state index in [0.717, 1.165) is 34.8 Å². The first-order valence-electron chi connectivity index (χ1n) is 10.1. The lowest BCUT2D eigenvalue weighted by atomic mass is 10.0. The molecule has 2 heterocycles. The molecule has 8 heteroatoms. The number of carbonyl (C=O) groups excluding carboxylic acids is 1. The van der Waals surface area contributed by atoms with Crippen molar-refractivity contribution in [3.05, 3.63) is 65.5 Å². The number of hydrogen-bond acceptors (Lipinski definition) is 6. The summed E-state index contributed by atoms with van der Waals surface area (Å²) in [6.07, 6.45) is 0.747. The number of benzene rings is 2. The molecule has 0 radical (unpaired) electrons. The molecule has 0 saturated carbocycles. The summed E-state index contributed by atoms with van der Waals surface area (Å²) in [7, 11) is 0. The van der Waals surface area contributed by atoms with Gasteiger partial charge >= 0.3 is 0 Å². The molecule has 0 aliphatic carbocycles. The van der Waals surface area contributed by atoms with Crippen LogP contribution in [-0.4, -0.2) is 32.6 Å². The highest BCUT2D eigenvalue weighted by atomic mass is 32.2. The SMILES string of the molecule is CCOc1ccc([C@H]2Nn3c(CC)nnc3S[C@H]2C(=O)Nc2ccccc2C)cc1. The van der Waals surface area contributed by atoms with Crippen molar-refractivity contribution in [3.63, 3.8) is 0 Å². The van der Waals surface area contributed by atoms with Crippen LogP contribution in [0.3, 0.4) is 0 Å². The van der Waals surface area contributed by atoms with Crippen molar-refractivity contribution in [1.82, 2.24) is 14.9 Å². The summed E-state index contributed by atoms with van der Waals surface area (Å²) in [5, 5.41) is 11.9. The molecule has 1 amide bonds. The maximum Gasteiger partial charge on any atom is 0.240 e. The number of anilines is 1. The second kappa shape index (κ2) is 8.79. The monoisotopic (exact) mass is 423 g/mol. The third-order valence-corrected chi connectivity index (χ3v) is 6.25. The number of nitrogens with zero attached hydrogens (tertiary/aromatic N) is 3. The van der Waals surface area contributed by atoms with Crippen LogP contribution < -0.4 is 15.5 Å². The van der Waals surface area contributed by atoms with Crippen molar-refractivity contribution < 1.29 is 9.53 Å². The van der Waals surface area contributed by atoms with Gasteiger partial charge in [0.25, 0.3) is 0 Å². The predicted octanol–water partition coefficient (Wildman–Crippen LogP) is 3.95. The minimum absolute atomic E-state index is 0.0759. The summed E-state index contributed by atoms with van der Waals surface area (Å²) in [5.74, 6) is 1.57. The van der Waals surface area contributed by atoms with Crippen LogP contribution in [0, 0.1) is 6.92 Å². The highest BCUT2D eigenvalue weighted by molar-refractivity contribution is 8.00. The number of aryl methyl sites for hydroxylation is 2. The Morgan fingerprint density at radius 2 is 1.93 bits per heavy atom. The molecule has 4 rings (SSSR count). The number of rotatable bonds is 6. The van der Waals surface area contributed by atoms with E-state index < -0.39 is 5.25 Å². The van der Waals surface area contributed by atoms with E-state index >= 15 is 0 Å². The zero-order valence-electron chi connectivity index (χ0n) is 17.3. The summed E-state index contributed by atoms with van der Waals surface area (Å²) in [6.45, 7) is 6.59. The van der Waals surface area contributed by atoms with Crippen molar-refractivity contribution in [1.29, 1.82) is 0 Å². The smallest absolute Gasteiger partial charge is 0.240 e. The molecule has 7 nitrogen and oxygen atoms in total. The van der Waals surface area contributed by atoms with E-state index in [9.17, 15) is 4.79 Å². The number of thioether (sulfide) groups is 1. The van der Waals surface area contributed by atoms with Gasteiger partial charge in [-0.2, -0.15) is 0 Å². The second-order valence-corrected chi connectivity index (χ2v) is 8.15. The Balaban J connectivity index is 1.66. The molecule has 2 N–H and O–H groups in total. The third kappa shape index (κ3) is 4.00. The fourth-order valence-corrected chi connectivity index (χ4v) is 4.53. The number of amides is 1. The average Bonchev–Trinajstić information content (AvgIpc) is 3.17. The van der Waals surface area contributed by atoms with Crippen LogP contribution >= 0.6 is 11.8 Å². The number of ether oxygens (including phenoxy) is 1. The standard InChI is InChI=1S/C22H25N5O2S/c1-4-18-24-25-22-27(18)26-19(15-10-12-16(13-11-15)29-5-2)20(30-22)21(28)23-17-9-7-6-8-14(17)3/h6-13,19-20,26H,4-5H2,1-3H3,(H,23,28)/t19-,20-/m1/s1. The van der Waals surface area contributed by atoms with Crippen LogP contribution in [-0.2, 0) is 11.2 Å². The molecule has 156 valence electrons. The summed E-state index contributed by atoms with van der Waals surface area (Å²) >= 11 is 1.43. The van der Waals surface area contributed by atoms with E-state index in [0.29, 0.717) is 11.8 Å². The van der Waals surface area contributed by atoms with Crippen molar-refractivity contribution >= 4 is 23.4 Å². The van der Waals surface area contributed by atoms with Crippen LogP contribution in [0.2, 0.25) is 0 Å². The van der Waals surface area contributed by atoms with Gasteiger partial charge in [0.05, 0.1) is 12.6 Å². The lowest BCUT2D eigenvalue weighted by Crippen LogP contribution is -2.41. The Labute approximate surface area is 180 Å². The van der Waals surface area contributed by atoms with Crippen LogP contribution in [0.5, 0.6) is 5.75 Å². The maximum atomic E-state index is 13.3. The average molecular weight is 424 g/mol. The normalized spacial score (nSPS) is 17.7. The quantitative estimate of drug-likeness (QED) is 0.625. The van der Waals surface area contributed by atoms with E-state index in [2.05, 4.69) is 20.9 Å². The summed E-state index contributed by atoms with van der Waals surface area (Å²) in [4.78, 5) is 13.3.